The Hall–Kier alpha value is -1.56. The zero-order valence-electron chi connectivity index (χ0n) is 11.8. The van der Waals surface area contributed by atoms with Crippen molar-refractivity contribution in [2.24, 2.45) is 0 Å². The van der Waals surface area contributed by atoms with Gasteiger partial charge >= 0.3 is 0 Å². The number of fused-ring (bicyclic) bond motifs is 1. The Bertz CT molecular complexity index is 595. The van der Waals surface area contributed by atoms with Crippen molar-refractivity contribution >= 4 is 29.3 Å². The SMILES string of the molecule is CN(Cc1cc2ccccc2o1)C(=O)C1CC(O)CN1.Cl. The molecule has 5 nitrogen and oxygen atoms in total. The summed E-state index contributed by atoms with van der Waals surface area (Å²) in [7, 11) is 1.75. The van der Waals surface area contributed by atoms with Gasteiger partial charge in [0, 0.05) is 19.0 Å². The van der Waals surface area contributed by atoms with Crippen molar-refractivity contribution in [3.05, 3.63) is 36.1 Å². The Labute approximate surface area is 129 Å². The number of aliphatic hydroxyl groups is 1. The van der Waals surface area contributed by atoms with Crippen LogP contribution >= 0.6 is 12.4 Å². The van der Waals surface area contributed by atoms with E-state index in [4.69, 9.17) is 4.42 Å². The van der Waals surface area contributed by atoms with Crippen molar-refractivity contribution < 1.29 is 14.3 Å². The third-order valence-corrected chi connectivity index (χ3v) is 3.65. The van der Waals surface area contributed by atoms with E-state index >= 15 is 0 Å². The van der Waals surface area contributed by atoms with E-state index in [1.165, 1.54) is 0 Å². The van der Waals surface area contributed by atoms with E-state index < -0.39 is 6.10 Å². The maximum atomic E-state index is 12.2. The average Bonchev–Trinajstić information content (AvgIpc) is 3.03. The second-order valence-corrected chi connectivity index (χ2v) is 5.30. The summed E-state index contributed by atoms with van der Waals surface area (Å²) in [5.74, 6) is 0.752. The largest absolute Gasteiger partial charge is 0.459 e. The number of halogens is 1. The van der Waals surface area contributed by atoms with Crippen molar-refractivity contribution in [1.82, 2.24) is 10.2 Å². The number of amides is 1. The molecule has 1 aliphatic rings. The van der Waals surface area contributed by atoms with Crippen molar-refractivity contribution in [1.29, 1.82) is 0 Å². The first kappa shape index (κ1) is 15.8. The Morgan fingerprint density at radius 3 is 2.90 bits per heavy atom. The molecule has 2 atom stereocenters. The van der Waals surface area contributed by atoms with E-state index in [0.717, 1.165) is 16.7 Å². The van der Waals surface area contributed by atoms with Crippen LogP contribution < -0.4 is 5.32 Å². The number of furan rings is 1. The van der Waals surface area contributed by atoms with E-state index in [9.17, 15) is 9.90 Å². The van der Waals surface area contributed by atoms with Crippen LogP contribution in [0.15, 0.2) is 34.7 Å². The van der Waals surface area contributed by atoms with Gasteiger partial charge in [-0.1, -0.05) is 18.2 Å². The summed E-state index contributed by atoms with van der Waals surface area (Å²) in [6.45, 7) is 0.913. The molecule has 0 spiro atoms. The van der Waals surface area contributed by atoms with Crippen molar-refractivity contribution in [2.75, 3.05) is 13.6 Å². The Morgan fingerprint density at radius 2 is 2.24 bits per heavy atom. The standard InChI is InChI=1S/C15H18N2O3.ClH/c1-17(15(19)13-7-11(18)8-16-13)9-12-6-10-4-2-3-5-14(10)20-12;/h2-6,11,13,16,18H,7-9H2,1H3;1H. The molecule has 1 amide bonds. The van der Waals surface area contributed by atoms with Crippen LogP contribution in [0.25, 0.3) is 11.0 Å². The molecule has 0 radical (unpaired) electrons. The molecule has 21 heavy (non-hydrogen) atoms. The highest BCUT2D eigenvalue weighted by Crippen LogP contribution is 2.20. The molecule has 1 aromatic heterocycles. The van der Waals surface area contributed by atoms with Gasteiger partial charge in [-0.25, -0.2) is 0 Å². The molecular weight excluding hydrogens is 292 g/mol. The van der Waals surface area contributed by atoms with Gasteiger partial charge in [-0.3, -0.25) is 4.79 Å². The zero-order chi connectivity index (χ0) is 14.1. The van der Waals surface area contributed by atoms with Gasteiger partial charge in [-0.15, -0.1) is 12.4 Å². The first-order valence-electron chi connectivity index (χ1n) is 6.77. The summed E-state index contributed by atoms with van der Waals surface area (Å²) in [6, 6.07) is 9.44. The predicted octanol–water partition coefficient (Wildman–Crippen LogP) is 1.54. The molecule has 1 aromatic carbocycles. The molecule has 0 saturated carbocycles. The number of likely N-dealkylation sites (N-methyl/N-ethyl adjacent to an activating group) is 1. The second kappa shape index (κ2) is 6.47. The molecule has 0 bridgehead atoms. The second-order valence-electron chi connectivity index (χ2n) is 5.30. The topological polar surface area (TPSA) is 65.7 Å². The van der Waals surface area contributed by atoms with Crippen LogP contribution in [0.1, 0.15) is 12.2 Å². The number of para-hydroxylation sites is 1. The quantitative estimate of drug-likeness (QED) is 0.902. The number of rotatable bonds is 3. The summed E-state index contributed by atoms with van der Waals surface area (Å²) in [5, 5.41) is 13.5. The number of hydrogen-bond donors (Lipinski definition) is 2. The van der Waals surface area contributed by atoms with E-state index in [-0.39, 0.29) is 24.4 Å². The van der Waals surface area contributed by atoms with Crippen LogP contribution in [0, 0.1) is 0 Å². The minimum atomic E-state index is -0.427. The van der Waals surface area contributed by atoms with Gasteiger partial charge in [0.15, 0.2) is 0 Å². The van der Waals surface area contributed by atoms with Crippen LogP contribution in [-0.4, -0.2) is 41.7 Å². The number of aliphatic hydroxyl groups excluding tert-OH is 1. The Morgan fingerprint density at radius 1 is 1.48 bits per heavy atom. The van der Waals surface area contributed by atoms with Crippen molar-refractivity contribution in [3.8, 4) is 0 Å². The molecule has 2 aromatic rings. The molecule has 3 rings (SSSR count). The maximum Gasteiger partial charge on any atom is 0.239 e. The summed E-state index contributed by atoms with van der Waals surface area (Å²) in [4.78, 5) is 13.9. The van der Waals surface area contributed by atoms with Gasteiger partial charge in [0.25, 0.3) is 0 Å². The first-order valence-corrected chi connectivity index (χ1v) is 6.77. The molecule has 1 fully saturated rings. The van der Waals surface area contributed by atoms with Gasteiger partial charge < -0.3 is 19.7 Å². The number of nitrogens with zero attached hydrogens (tertiary/aromatic N) is 1. The lowest BCUT2D eigenvalue weighted by Gasteiger charge is -2.19. The average molecular weight is 311 g/mol. The molecule has 2 unspecified atom stereocenters. The normalized spacial score (nSPS) is 21.2. The highest BCUT2D eigenvalue weighted by atomic mass is 35.5. The molecular formula is C15H19ClN2O3. The minimum Gasteiger partial charge on any atom is -0.459 e. The molecule has 6 heteroatoms. The summed E-state index contributed by atoms with van der Waals surface area (Å²) in [5.41, 5.74) is 0.831. The van der Waals surface area contributed by atoms with Crippen LogP contribution in [0.3, 0.4) is 0 Å². The lowest BCUT2D eigenvalue weighted by molar-refractivity contribution is -0.132. The fraction of sp³-hybridized carbons (Fsp3) is 0.400. The molecule has 2 N–H and O–H groups in total. The Kier molecular flexibility index (Phi) is 4.88. The van der Waals surface area contributed by atoms with Gasteiger partial charge in [-0.05, 0) is 18.6 Å². The number of β-amino-alcohol motifs (C(OH)–C–C–N with tert-alkyl or cyclic N) is 1. The maximum absolute atomic E-state index is 12.2. The van der Waals surface area contributed by atoms with E-state index in [1.807, 2.05) is 30.3 Å². The molecule has 114 valence electrons. The smallest absolute Gasteiger partial charge is 0.239 e. The lowest BCUT2D eigenvalue weighted by Crippen LogP contribution is -2.41. The van der Waals surface area contributed by atoms with Crippen molar-refractivity contribution in [2.45, 2.75) is 25.1 Å². The van der Waals surface area contributed by atoms with Crippen molar-refractivity contribution in [3.63, 3.8) is 0 Å². The highest BCUT2D eigenvalue weighted by Gasteiger charge is 2.30. The van der Waals surface area contributed by atoms with E-state index in [0.29, 0.717) is 19.5 Å². The summed E-state index contributed by atoms with van der Waals surface area (Å²) >= 11 is 0. The van der Waals surface area contributed by atoms with Gasteiger partial charge in [-0.2, -0.15) is 0 Å². The summed E-state index contributed by atoms with van der Waals surface area (Å²) < 4.78 is 5.71. The predicted molar refractivity (Wildman–Crippen MR) is 82.4 cm³/mol. The van der Waals surface area contributed by atoms with Gasteiger partial charge in [0.05, 0.1) is 18.7 Å². The van der Waals surface area contributed by atoms with Crippen LogP contribution in [0.2, 0.25) is 0 Å². The number of carbonyl (C=O) groups excluding carboxylic acids is 1. The van der Waals surface area contributed by atoms with Crippen LogP contribution in [0.5, 0.6) is 0 Å². The number of benzene rings is 1. The number of hydrogen-bond acceptors (Lipinski definition) is 4. The van der Waals surface area contributed by atoms with Gasteiger partial charge in [0.2, 0.25) is 5.91 Å². The third kappa shape index (κ3) is 3.37. The minimum absolute atomic E-state index is 0. The Balaban J connectivity index is 0.00000161. The number of nitrogens with one attached hydrogen (secondary N) is 1. The monoisotopic (exact) mass is 310 g/mol. The van der Waals surface area contributed by atoms with E-state index in [1.54, 1.807) is 11.9 Å². The van der Waals surface area contributed by atoms with E-state index in [2.05, 4.69) is 5.32 Å². The molecule has 1 aliphatic heterocycles. The highest BCUT2D eigenvalue weighted by molar-refractivity contribution is 5.85. The third-order valence-electron chi connectivity index (χ3n) is 3.65. The lowest BCUT2D eigenvalue weighted by atomic mass is 10.2. The van der Waals surface area contributed by atoms with Gasteiger partial charge in [0.1, 0.15) is 11.3 Å². The van der Waals surface area contributed by atoms with Crippen LogP contribution in [0.4, 0.5) is 0 Å². The fourth-order valence-electron chi connectivity index (χ4n) is 2.60. The molecule has 2 heterocycles. The summed E-state index contributed by atoms with van der Waals surface area (Å²) in [6.07, 6.45) is 0.0482. The molecule has 0 aliphatic carbocycles. The van der Waals surface area contributed by atoms with Crippen LogP contribution in [-0.2, 0) is 11.3 Å². The number of carbonyl (C=O) groups is 1. The zero-order valence-corrected chi connectivity index (χ0v) is 12.6. The first-order chi connectivity index (χ1) is 9.63. The fourth-order valence-corrected chi connectivity index (χ4v) is 2.60. The molecule has 1 saturated heterocycles.